The van der Waals surface area contributed by atoms with Gasteiger partial charge >= 0.3 is 0 Å². The molecular formula is C34H29B8N3O. The molecule has 0 N–H and O–H groups in total. The summed E-state index contributed by atoms with van der Waals surface area (Å²) in [5.41, 5.74) is 21.2. The molecule has 0 aliphatic heterocycles. The molecule has 8 rings (SSSR count). The minimum absolute atomic E-state index is 0.716. The van der Waals surface area contributed by atoms with Crippen LogP contribution in [0, 0.1) is 0 Å². The zero-order chi connectivity index (χ0) is 32.0. The van der Waals surface area contributed by atoms with E-state index in [0.717, 1.165) is 38.9 Å². The van der Waals surface area contributed by atoms with Crippen LogP contribution in [-0.4, -0.2) is 77.3 Å². The summed E-state index contributed by atoms with van der Waals surface area (Å²) in [6.07, 6.45) is 1.64. The van der Waals surface area contributed by atoms with E-state index in [9.17, 15) is 0 Å². The molecule has 0 saturated heterocycles. The SMILES string of the molecule is Bc1c(B)c(B)c2c(c1B)c1c(B)c(B)c(B)c(B)c1n2-c1cccc(-c2cccc(-c3ncnc4c3oc3ccccc34)c2)c1. The van der Waals surface area contributed by atoms with Gasteiger partial charge in [0.25, 0.3) is 0 Å². The molecule has 3 heterocycles. The molecule has 0 saturated carbocycles. The lowest BCUT2D eigenvalue weighted by atomic mass is 9.63. The van der Waals surface area contributed by atoms with Crippen molar-refractivity contribution in [3.05, 3.63) is 79.1 Å². The van der Waals surface area contributed by atoms with Gasteiger partial charge in [-0.05, 0) is 52.2 Å². The quantitative estimate of drug-likeness (QED) is 0.196. The first-order valence-electron chi connectivity index (χ1n) is 16.0. The Balaban J connectivity index is 1.37. The summed E-state index contributed by atoms with van der Waals surface area (Å²) < 4.78 is 8.81. The standard InChI is InChI=1S/C34H29B8N3O/c35-22-20-21-23(36)25(38)27(40)29(42)33(21)45(32(20)28(41)26(39)24(22)37)17-8-4-6-15(12-17)14-5-3-7-16(11-14)30-34-31(44-13-43-30)18-9-1-2-10-19(18)46-34/h1-13H,35-42H2. The molecule has 12 heteroatoms. The van der Waals surface area contributed by atoms with Gasteiger partial charge in [0.15, 0.2) is 5.58 Å². The third-order valence-corrected chi connectivity index (χ3v) is 10.7. The molecule has 3 aromatic heterocycles. The average molecular weight is 582 g/mol. The van der Waals surface area contributed by atoms with Crippen molar-refractivity contribution in [2.45, 2.75) is 0 Å². The summed E-state index contributed by atoms with van der Waals surface area (Å²) in [7, 11) is 18.3. The molecule has 0 bridgehead atoms. The highest BCUT2D eigenvalue weighted by atomic mass is 16.3. The minimum atomic E-state index is 0.716. The number of benzene rings is 5. The number of nitrogens with zero attached hydrogens (tertiary/aromatic N) is 3. The lowest BCUT2D eigenvalue weighted by Gasteiger charge is -2.17. The van der Waals surface area contributed by atoms with Gasteiger partial charge in [0.2, 0.25) is 0 Å². The first-order valence-corrected chi connectivity index (χ1v) is 16.0. The molecule has 0 atom stereocenters. The molecule has 0 fully saturated rings. The van der Waals surface area contributed by atoms with Crippen molar-refractivity contribution in [3.63, 3.8) is 0 Å². The lowest BCUT2D eigenvalue weighted by Crippen LogP contribution is -2.49. The Labute approximate surface area is 275 Å². The Hall–Kier alpha value is -4.70. The van der Waals surface area contributed by atoms with E-state index in [-0.39, 0.29) is 0 Å². The van der Waals surface area contributed by atoms with Crippen LogP contribution >= 0.6 is 0 Å². The molecule has 4 nitrogen and oxygen atoms in total. The zero-order valence-electron chi connectivity index (χ0n) is 27.8. The normalized spacial score (nSPS) is 11.7. The van der Waals surface area contributed by atoms with Crippen LogP contribution in [0.5, 0.6) is 0 Å². The van der Waals surface area contributed by atoms with Crippen molar-refractivity contribution in [1.29, 1.82) is 0 Å². The molecule has 0 spiro atoms. The molecule has 0 amide bonds. The van der Waals surface area contributed by atoms with E-state index >= 15 is 0 Å². The fraction of sp³-hybridized carbons (Fsp3) is 0. The van der Waals surface area contributed by atoms with Gasteiger partial charge in [0, 0.05) is 27.7 Å². The number of hydrogen-bond donors (Lipinski definition) is 0. The van der Waals surface area contributed by atoms with Crippen LogP contribution in [0.25, 0.3) is 71.9 Å². The van der Waals surface area contributed by atoms with Gasteiger partial charge in [-0.25, -0.2) is 9.97 Å². The summed E-state index contributed by atoms with van der Waals surface area (Å²) in [5.74, 6) is 0. The molecule has 0 aliphatic carbocycles. The van der Waals surface area contributed by atoms with Gasteiger partial charge in [0.05, 0.1) is 0 Å². The second-order valence-corrected chi connectivity index (χ2v) is 12.9. The molecule has 0 radical (unpaired) electrons. The fourth-order valence-electron chi connectivity index (χ4n) is 7.53. The maximum atomic E-state index is 6.28. The van der Waals surface area contributed by atoms with Crippen molar-refractivity contribution < 1.29 is 4.42 Å². The summed E-state index contributed by atoms with van der Waals surface area (Å²) in [5, 5.41) is 3.76. The third-order valence-electron chi connectivity index (χ3n) is 10.7. The second kappa shape index (κ2) is 10.4. The lowest BCUT2D eigenvalue weighted by molar-refractivity contribution is 0.667. The average Bonchev–Trinajstić information content (AvgIpc) is 3.65. The largest absolute Gasteiger partial charge is 0.452 e. The first kappa shape index (κ1) is 28.8. The fourth-order valence-corrected chi connectivity index (χ4v) is 7.53. The van der Waals surface area contributed by atoms with E-state index < -0.39 is 0 Å². The summed E-state index contributed by atoms with van der Waals surface area (Å²) >= 11 is 0. The van der Waals surface area contributed by atoms with Crippen LogP contribution in [0.4, 0.5) is 0 Å². The molecule has 0 unspecified atom stereocenters. The van der Waals surface area contributed by atoms with Crippen molar-refractivity contribution >= 4 is 150 Å². The summed E-state index contributed by atoms with van der Waals surface area (Å²) in [6.45, 7) is 0. The highest BCUT2D eigenvalue weighted by Gasteiger charge is 2.23. The molecular weight excluding hydrogens is 553 g/mol. The van der Waals surface area contributed by atoms with Crippen molar-refractivity contribution in [2.75, 3.05) is 0 Å². The first-order chi connectivity index (χ1) is 22.2. The monoisotopic (exact) mass is 583 g/mol. The van der Waals surface area contributed by atoms with E-state index in [1.165, 1.54) is 71.2 Å². The maximum Gasteiger partial charge on any atom is 0.180 e. The van der Waals surface area contributed by atoms with E-state index in [0.29, 0.717) is 5.58 Å². The van der Waals surface area contributed by atoms with Gasteiger partial charge in [-0.2, -0.15) is 0 Å². The van der Waals surface area contributed by atoms with Crippen LogP contribution in [0.15, 0.2) is 83.5 Å². The number of fused-ring (bicyclic) bond motifs is 6. The highest BCUT2D eigenvalue weighted by Crippen LogP contribution is 2.35. The molecule has 5 aromatic carbocycles. The Morgan fingerprint density at radius 2 is 1.09 bits per heavy atom. The Kier molecular flexibility index (Phi) is 6.51. The summed E-state index contributed by atoms with van der Waals surface area (Å²) in [6, 6.07) is 25.6. The predicted octanol–water partition coefficient (Wildman–Crippen LogP) is -5.13. The van der Waals surface area contributed by atoms with E-state index in [2.05, 4.69) is 121 Å². The number of furan rings is 1. The van der Waals surface area contributed by atoms with Gasteiger partial charge < -0.3 is 8.98 Å². The van der Waals surface area contributed by atoms with Gasteiger partial charge in [-0.15, -0.1) is 10.9 Å². The number of aromatic nitrogens is 3. The predicted molar refractivity (Wildman–Crippen MR) is 220 cm³/mol. The summed E-state index contributed by atoms with van der Waals surface area (Å²) in [4.78, 5) is 9.26. The van der Waals surface area contributed by atoms with Crippen LogP contribution in [0.2, 0.25) is 0 Å². The molecule has 8 aromatic rings. The van der Waals surface area contributed by atoms with Crippen molar-refractivity contribution in [3.8, 4) is 28.1 Å². The van der Waals surface area contributed by atoms with E-state index in [4.69, 9.17) is 9.40 Å². The zero-order valence-corrected chi connectivity index (χ0v) is 27.8. The van der Waals surface area contributed by atoms with Crippen LogP contribution in [0.3, 0.4) is 0 Å². The number of rotatable bonds is 3. The van der Waals surface area contributed by atoms with E-state index in [1.807, 2.05) is 24.3 Å². The minimum Gasteiger partial charge on any atom is -0.452 e. The molecule has 210 valence electrons. The highest BCUT2D eigenvalue weighted by molar-refractivity contribution is 6.71. The van der Waals surface area contributed by atoms with E-state index in [1.54, 1.807) is 6.33 Å². The third kappa shape index (κ3) is 3.98. The molecule has 0 aliphatic rings. The Bertz CT molecular complexity index is 2510. The Morgan fingerprint density at radius 1 is 0.522 bits per heavy atom. The van der Waals surface area contributed by atoms with Gasteiger partial charge in [0.1, 0.15) is 85.9 Å². The van der Waals surface area contributed by atoms with Gasteiger partial charge in [-0.1, -0.05) is 75.2 Å². The van der Waals surface area contributed by atoms with Crippen LogP contribution in [-0.2, 0) is 0 Å². The van der Waals surface area contributed by atoms with Crippen molar-refractivity contribution in [2.24, 2.45) is 0 Å². The topological polar surface area (TPSA) is 43.9 Å². The van der Waals surface area contributed by atoms with Crippen LogP contribution < -0.4 is 43.7 Å². The maximum absolute atomic E-state index is 6.28. The van der Waals surface area contributed by atoms with Crippen molar-refractivity contribution in [1.82, 2.24) is 14.5 Å². The number of hydrogen-bond acceptors (Lipinski definition) is 3. The van der Waals surface area contributed by atoms with Gasteiger partial charge in [-0.3, -0.25) is 0 Å². The second-order valence-electron chi connectivity index (χ2n) is 12.9. The Morgan fingerprint density at radius 3 is 1.76 bits per heavy atom. The smallest absolute Gasteiger partial charge is 0.180 e. The van der Waals surface area contributed by atoms with Crippen LogP contribution in [0.1, 0.15) is 0 Å². The molecule has 46 heavy (non-hydrogen) atoms. The number of para-hydroxylation sites is 1.